The van der Waals surface area contributed by atoms with Crippen molar-refractivity contribution in [3.63, 3.8) is 0 Å². The Labute approximate surface area is 141 Å². The minimum atomic E-state index is -0.312. The van der Waals surface area contributed by atoms with Gasteiger partial charge in [-0.2, -0.15) is 0 Å². The van der Waals surface area contributed by atoms with E-state index < -0.39 is 0 Å². The van der Waals surface area contributed by atoms with E-state index in [1.54, 1.807) is 6.07 Å². The first-order valence-electron chi connectivity index (χ1n) is 8.38. The number of fused-ring (bicyclic) bond motifs is 3. The van der Waals surface area contributed by atoms with Crippen molar-refractivity contribution in [3.05, 3.63) is 28.3 Å². The molecule has 4 nitrogen and oxygen atoms in total. The van der Waals surface area contributed by atoms with Crippen molar-refractivity contribution >= 4 is 17.6 Å². The van der Waals surface area contributed by atoms with E-state index in [0.29, 0.717) is 28.4 Å². The number of carbonyl (C=O) groups is 1. The van der Waals surface area contributed by atoms with Gasteiger partial charge in [0.2, 0.25) is 0 Å². The second-order valence-corrected chi connectivity index (χ2v) is 8.05. The van der Waals surface area contributed by atoms with Gasteiger partial charge in [-0.1, -0.05) is 11.6 Å². The summed E-state index contributed by atoms with van der Waals surface area (Å²) >= 11 is 6.19. The van der Waals surface area contributed by atoms with Crippen LogP contribution in [0.4, 0.5) is 0 Å². The van der Waals surface area contributed by atoms with Gasteiger partial charge >= 0.3 is 5.97 Å². The summed E-state index contributed by atoms with van der Waals surface area (Å²) in [6.45, 7) is 4.03. The van der Waals surface area contributed by atoms with Crippen molar-refractivity contribution in [3.8, 4) is 5.75 Å². The summed E-state index contributed by atoms with van der Waals surface area (Å²) in [6.07, 6.45) is 4.91. The van der Waals surface area contributed by atoms with Crippen molar-refractivity contribution < 1.29 is 14.3 Å². The van der Waals surface area contributed by atoms with E-state index in [1.165, 1.54) is 12.8 Å². The molecule has 3 heterocycles. The fourth-order valence-electron chi connectivity index (χ4n) is 4.14. The minimum Gasteiger partial charge on any atom is -0.486 e. The molecule has 0 spiro atoms. The lowest BCUT2D eigenvalue weighted by molar-refractivity contribution is 0.0170. The normalized spacial score (nSPS) is 30.7. The Hall–Kier alpha value is -1.26. The summed E-state index contributed by atoms with van der Waals surface area (Å²) in [5.74, 6) is 0.328. The highest BCUT2D eigenvalue weighted by Gasteiger charge is 2.37. The zero-order valence-corrected chi connectivity index (χ0v) is 14.3. The molecule has 0 amide bonds. The summed E-state index contributed by atoms with van der Waals surface area (Å²) < 4.78 is 11.8. The van der Waals surface area contributed by atoms with Gasteiger partial charge in [-0.05, 0) is 51.7 Å². The van der Waals surface area contributed by atoms with Gasteiger partial charge in [-0.3, -0.25) is 0 Å². The first kappa shape index (κ1) is 15.3. The lowest BCUT2D eigenvalue weighted by atomic mass is 10.00. The van der Waals surface area contributed by atoms with Crippen LogP contribution in [0.3, 0.4) is 0 Å². The highest BCUT2D eigenvalue weighted by atomic mass is 35.5. The van der Waals surface area contributed by atoms with Gasteiger partial charge in [0.25, 0.3) is 0 Å². The summed E-state index contributed by atoms with van der Waals surface area (Å²) in [7, 11) is 0. The topological polar surface area (TPSA) is 47.6 Å². The molecular formula is C18H22ClNO3. The van der Waals surface area contributed by atoms with Gasteiger partial charge in [-0.25, -0.2) is 4.79 Å². The molecule has 23 heavy (non-hydrogen) atoms. The molecule has 2 saturated heterocycles. The maximum Gasteiger partial charge on any atom is 0.342 e. The zero-order valence-electron chi connectivity index (χ0n) is 13.5. The fraction of sp³-hybridized carbons (Fsp3) is 0.611. The van der Waals surface area contributed by atoms with E-state index >= 15 is 0 Å². The molecule has 124 valence electrons. The molecule has 0 aromatic heterocycles. The van der Waals surface area contributed by atoms with E-state index in [9.17, 15) is 4.79 Å². The molecule has 0 saturated carbocycles. The second kappa shape index (κ2) is 5.38. The van der Waals surface area contributed by atoms with Crippen LogP contribution in [-0.4, -0.2) is 29.8 Å². The number of rotatable bonds is 2. The van der Waals surface area contributed by atoms with Crippen LogP contribution in [-0.2, 0) is 11.2 Å². The van der Waals surface area contributed by atoms with Crippen molar-refractivity contribution in [1.29, 1.82) is 0 Å². The SMILES string of the molecule is CC1(C)Cc2cc(Cl)cc(C(=O)OC3C[C@H]4CC[C@@H](C3)N4)c2O1. The average Bonchev–Trinajstić information content (AvgIpc) is 2.95. The number of esters is 1. The van der Waals surface area contributed by atoms with Crippen molar-refractivity contribution in [1.82, 2.24) is 5.32 Å². The van der Waals surface area contributed by atoms with Crippen LogP contribution in [0.2, 0.25) is 5.02 Å². The monoisotopic (exact) mass is 335 g/mol. The number of halogens is 1. The van der Waals surface area contributed by atoms with E-state index in [4.69, 9.17) is 21.1 Å². The molecule has 4 rings (SSSR count). The van der Waals surface area contributed by atoms with Gasteiger partial charge in [0.1, 0.15) is 23.0 Å². The fourth-order valence-corrected chi connectivity index (χ4v) is 4.38. The van der Waals surface area contributed by atoms with E-state index in [1.807, 2.05) is 19.9 Å². The molecule has 3 atom stereocenters. The highest BCUT2D eigenvalue weighted by Crippen LogP contribution is 2.40. The van der Waals surface area contributed by atoms with Gasteiger partial charge in [0.05, 0.1) is 0 Å². The lowest BCUT2D eigenvalue weighted by Gasteiger charge is -2.29. The number of nitrogens with one attached hydrogen (secondary N) is 1. The van der Waals surface area contributed by atoms with Crippen molar-refractivity contribution in [2.75, 3.05) is 0 Å². The van der Waals surface area contributed by atoms with Crippen LogP contribution < -0.4 is 10.1 Å². The molecule has 2 fully saturated rings. The van der Waals surface area contributed by atoms with Crippen LogP contribution >= 0.6 is 11.6 Å². The number of carbonyl (C=O) groups excluding carboxylic acids is 1. The Morgan fingerprint density at radius 2 is 2.00 bits per heavy atom. The Morgan fingerprint density at radius 1 is 1.30 bits per heavy atom. The van der Waals surface area contributed by atoms with E-state index in [2.05, 4.69) is 5.32 Å². The van der Waals surface area contributed by atoms with Crippen LogP contribution in [0, 0.1) is 0 Å². The predicted octanol–water partition coefficient (Wildman–Crippen LogP) is 3.49. The van der Waals surface area contributed by atoms with Gasteiger partial charge < -0.3 is 14.8 Å². The number of piperidine rings is 1. The smallest absolute Gasteiger partial charge is 0.342 e. The average molecular weight is 336 g/mol. The Bertz CT molecular complexity index is 646. The Morgan fingerprint density at radius 3 is 2.70 bits per heavy atom. The quantitative estimate of drug-likeness (QED) is 0.840. The second-order valence-electron chi connectivity index (χ2n) is 7.62. The number of hydrogen-bond acceptors (Lipinski definition) is 4. The van der Waals surface area contributed by atoms with E-state index in [-0.39, 0.29) is 17.7 Å². The summed E-state index contributed by atoms with van der Waals surface area (Å²) in [4.78, 5) is 12.7. The van der Waals surface area contributed by atoms with Gasteiger partial charge in [0.15, 0.2) is 0 Å². The molecule has 0 aliphatic carbocycles. The van der Waals surface area contributed by atoms with Crippen LogP contribution in [0.1, 0.15) is 55.5 Å². The number of ether oxygens (including phenoxy) is 2. The summed E-state index contributed by atoms with van der Waals surface area (Å²) in [6, 6.07) is 4.53. The minimum absolute atomic E-state index is 0.00899. The standard InChI is InChI=1S/C18H22ClNO3/c1-18(2)9-10-5-11(19)6-15(16(10)23-18)17(21)22-14-7-12-3-4-13(8-14)20-12/h5-6,12-14,20H,3-4,7-9H2,1-2H3/t12-,13+,14?. The molecule has 1 aromatic rings. The third-order valence-electron chi connectivity index (χ3n) is 5.05. The predicted molar refractivity (Wildman–Crippen MR) is 88.2 cm³/mol. The molecule has 3 aliphatic heterocycles. The third kappa shape index (κ3) is 2.94. The maximum atomic E-state index is 12.7. The van der Waals surface area contributed by atoms with Gasteiger partial charge in [-0.15, -0.1) is 0 Å². The number of benzene rings is 1. The van der Waals surface area contributed by atoms with Gasteiger partial charge in [0, 0.05) is 29.1 Å². The zero-order chi connectivity index (χ0) is 16.2. The molecule has 1 unspecified atom stereocenters. The van der Waals surface area contributed by atoms with Crippen molar-refractivity contribution in [2.24, 2.45) is 0 Å². The number of hydrogen-bond donors (Lipinski definition) is 1. The maximum absolute atomic E-state index is 12.7. The largest absolute Gasteiger partial charge is 0.486 e. The van der Waals surface area contributed by atoms with Crippen molar-refractivity contribution in [2.45, 2.75) is 69.7 Å². The molecule has 2 bridgehead atoms. The molecule has 1 aromatic carbocycles. The first-order valence-corrected chi connectivity index (χ1v) is 8.76. The first-order chi connectivity index (χ1) is 10.9. The summed E-state index contributed by atoms with van der Waals surface area (Å²) in [5.41, 5.74) is 1.14. The Balaban J connectivity index is 1.55. The molecule has 1 N–H and O–H groups in total. The van der Waals surface area contributed by atoms with Crippen LogP contribution in [0.5, 0.6) is 5.75 Å². The third-order valence-corrected chi connectivity index (χ3v) is 5.27. The molecule has 0 radical (unpaired) electrons. The van der Waals surface area contributed by atoms with Crippen LogP contribution in [0.15, 0.2) is 12.1 Å². The van der Waals surface area contributed by atoms with Crippen LogP contribution in [0.25, 0.3) is 0 Å². The highest BCUT2D eigenvalue weighted by molar-refractivity contribution is 6.31. The molecule has 3 aliphatic rings. The Kier molecular flexibility index (Phi) is 3.58. The molecule has 5 heteroatoms. The van der Waals surface area contributed by atoms with E-state index in [0.717, 1.165) is 24.8 Å². The lowest BCUT2D eigenvalue weighted by Crippen LogP contribution is -2.42. The molecular weight excluding hydrogens is 314 g/mol. The summed E-state index contributed by atoms with van der Waals surface area (Å²) in [5, 5.41) is 4.12.